The number of rotatable bonds is 6. The molecule has 0 fully saturated rings. The molecule has 0 saturated carbocycles. The Morgan fingerprint density at radius 2 is 2.05 bits per heavy atom. The van der Waals surface area contributed by atoms with Crippen molar-refractivity contribution in [3.05, 3.63) is 23.9 Å². The van der Waals surface area contributed by atoms with Crippen LogP contribution in [0.5, 0.6) is 5.88 Å². The van der Waals surface area contributed by atoms with Crippen molar-refractivity contribution in [1.29, 1.82) is 0 Å². The third kappa shape index (κ3) is 6.94. The second-order valence-corrected chi connectivity index (χ2v) is 5.31. The number of methoxy groups -OCH3 is 1. The van der Waals surface area contributed by atoms with Gasteiger partial charge in [-0.1, -0.05) is 6.07 Å². The number of ether oxygens (including phenoxy) is 2. The van der Waals surface area contributed by atoms with Crippen LogP contribution in [0.2, 0.25) is 0 Å². The highest BCUT2D eigenvalue weighted by molar-refractivity contribution is 5.67. The van der Waals surface area contributed by atoms with Gasteiger partial charge in [0.15, 0.2) is 0 Å². The SMILES string of the molecule is COc1ccc(CNCCNC(=O)OC(C)(C)C)cn1. The van der Waals surface area contributed by atoms with Crippen molar-refractivity contribution in [3.8, 4) is 5.88 Å². The first-order valence-corrected chi connectivity index (χ1v) is 6.57. The predicted molar refractivity (Wildman–Crippen MR) is 76.7 cm³/mol. The topological polar surface area (TPSA) is 72.5 Å². The Morgan fingerprint density at radius 3 is 2.60 bits per heavy atom. The number of nitrogens with zero attached hydrogens (tertiary/aromatic N) is 1. The number of pyridine rings is 1. The third-order valence-electron chi connectivity index (χ3n) is 2.31. The number of nitrogens with one attached hydrogen (secondary N) is 2. The molecule has 0 radical (unpaired) electrons. The van der Waals surface area contributed by atoms with Gasteiger partial charge in [-0.2, -0.15) is 0 Å². The maximum absolute atomic E-state index is 11.4. The van der Waals surface area contributed by atoms with Crippen molar-refractivity contribution in [2.45, 2.75) is 32.9 Å². The number of carbonyl (C=O) groups is 1. The molecule has 112 valence electrons. The number of aromatic nitrogens is 1. The molecule has 1 rings (SSSR count). The molecular weight excluding hydrogens is 258 g/mol. The fourth-order valence-electron chi connectivity index (χ4n) is 1.44. The summed E-state index contributed by atoms with van der Waals surface area (Å²) in [5.41, 5.74) is 0.592. The molecule has 0 spiro atoms. The molecule has 1 amide bonds. The van der Waals surface area contributed by atoms with E-state index >= 15 is 0 Å². The van der Waals surface area contributed by atoms with Crippen LogP contribution in [0, 0.1) is 0 Å². The molecule has 0 aromatic carbocycles. The van der Waals surface area contributed by atoms with Crippen molar-refractivity contribution < 1.29 is 14.3 Å². The summed E-state index contributed by atoms with van der Waals surface area (Å²) in [5.74, 6) is 0.598. The van der Waals surface area contributed by atoms with Gasteiger partial charge in [-0.3, -0.25) is 0 Å². The fraction of sp³-hybridized carbons (Fsp3) is 0.571. The number of amides is 1. The van der Waals surface area contributed by atoms with Crippen molar-refractivity contribution >= 4 is 6.09 Å². The van der Waals surface area contributed by atoms with Gasteiger partial charge in [0.1, 0.15) is 5.60 Å². The predicted octanol–water partition coefficient (Wildman–Crippen LogP) is 1.70. The third-order valence-corrected chi connectivity index (χ3v) is 2.31. The normalized spacial score (nSPS) is 11.0. The molecule has 0 bridgehead atoms. The van der Waals surface area contributed by atoms with E-state index in [1.807, 2.05) is 32.9 Å². The first-order chi connectivity index (χ1) is 9.40. The van der Waals surface area contributed by atoms with Crippen LogP contribution in [0.3, 0.4) is 0 Å². The summed E-state index contributed by atoms with van der Waals surface area (Å²) in [6.07, 6.45) is 1.36. The lowest BCUT2D eigenvalue weighted by Gasteiger charge is -2.19. The zero-order valence-electron chi connectivity index (χ0n) is 12.5. The summed E-state index contributed by atoms with van der Waals surface area (Å²) in [6.45, 7) is 7.36. The number of alkyl carbamates (subject to hydrolysis) is 1. The van der Waals surface area contributed by atoms with Crippen LogP contribution in [-0.2, 0) is 11.3 Å². The summed E-state index contributed by atoms with van der Waals surface area (Å²) in [6, 6.07) is 3.76. The Balaban J connectivity index is 2.14. The molecular formula is C14H23N3O3. The molecule has 0 aliphatic heterocycles. The molecule has 6 heteroatoms. The van der Waals surface area contributed by atoms with Crippen LogP contribution in [0.15, 0.2) is 18.3 Å². The summed E-state index contributed by atoms with van der Waals surface area (Å²) in [4.78, 5) is 15.5. The Hall–Kier alpha value is -1.82. The standard InChI is InChI=1S/C14H23N3O3/c1-14(2,3)20-13(18)16-8-7-15-9-11-5-6-12(19-4)17-10-11/h5-6,10,15H,7-9H2,1-4H3,(H,16,18). The van der Waals surface area contributed by atoms with E-state index in [2.05, 4.69) is 15.6 Å². The number of carbonyl (C=O) groups excluding carboxylic acids is 1. The molecule has 0 saturated heterocycles. The van der Waals surface area contributed by atoms with Crippen LogP contribution in [0.25, 0.3) is 0 Å². The van der Waals surface area contributed by atoms with Gasteiger partial charge in [0, 0.05) is 31.9 Å². The van der Waals surface area contributed by atoms with E-state index in [1.54, 1.807) is 13.3 Å². The van der Waals surface area contributed by atoms with Crippen LogP contribution in [0.4, 0.5) is 4.79 Å². The lowest BCUT2D eigenvalue weighted by atomic mass is 10.2. The monoisotopic (exact) mass is 281 g/mol. The highest BCUT2D eigenvalue weighted by Gasteiger charge is 2.15. The lowest BCUT2D eigenvalue weighted by molar-refractivity contribution is 0.0528. The molecule has 0 unspecified atom stereocenters. The van der Waals surface area contributed by atoms with E-state index in [0.29, 0.717) is 25.5 Å². The summed E-state index contributed by atoms with van der Waals surface area (Å²) < 4.78 is 10.1. The molecule has 2 N–H and O–H groups in total. The fourth-order valence-corrected chi connectivity index (χ4v) is 1.44. The summed E-state index contributed by atoms with van der Waals surface area (Å²) in [5, 5.41) is 5.89. The van der Waals surface area contributed by atoms with Crippen LogP contribution < -0.4 is 15.4 Å². The van der Waals surface area contributed by atoms with E-state index in [1.165, 1.54) is 0 Å². The van der Waals surface area contributed by atoms with Gasteiger partial charge in [0.05, 0.1) is 7.11 Å². The van der Waals surface area contributed by atoms with Crippen LogP contribution >= 0.6 is 0 Å². The van der Waals surface area contributed by atoms with E-state index in [0.717, 1.165) is 5.56 Å². The van der Waals surface area contributed by atoms with E-state index in [-0.39, 0.29) is 0 Å². The highest BCUT2D eigenvalue weighted by atomic mass is 16.6. The van der Waals surface area contributed by atoms with Gasteiger partial charge >= 0.3 is 6.09 Å². The van der Waals surface area contributed by atoms with E-state index in [9.17, 15) is 4.79 Å². The van der Waals surface area contributed by atoms with Gasteiger partial charge in [-0.25, -0.2) is 9.78 Å². The largest absolute Gasteiger partial charge is 0.481 e. The molecule has 6 nitrogen and oxygen atoms in total. The molecule has 20 heavy (non-hydrogen) atoms. The van der Waals surface area contributed by atoms with Crippen LogP contribution in [0.1, 0.15) is 26.3 Å². The maximum Gasteiger partial charge on any atom is 0.407 e. The summed E-state index contributed by atoms with van der Waals surface area (Å²) in [7, 11) is 1.59. The average Bonchev–Trinajstić information content (AvgIpc) is 2.37. The van der Waals surface area contributed by atoms with Crippen molar-refractivity contribution in [1.82, 2.24) is 15.6 Å². The minimum Gasteiger partial charge on any atom is -0.481 e. The van der Waals surface area contributed by atoms with E-state index in [4.69, 9.17) is 9.47 Å². The smallest absolute Gasteiger partial charge is 0.407 e. The zero-order chi connectivity index (χ0) is 15.0. The number of hydrogen-bond donors (Lipinski definition) is 2. The van der Waals surface area contributed by atoms with E-state index < -0.39 is 11.7 Å². The van der Waals surface area contributed by atoms with Gasteiger partial charge < -0.3 is 20.1 Å². The Bertz CT molecular complexity index is 413. The first-order valence-electron chi connectivity index (χ1n) is 6.57. The van der Waals surface area contributed by atoms with Gasteiger partial charge in [0.2, 0.25) is 5.88 Å². The zero-order valence-corrected chi connectivity index (χ0v) is 12.5. The summed E-state index contributed by atoms with van der Waals surface area (Å²) >= 11 is 0. The lowest BCUT2D eigenvalue weighted by Crippen LogP contribution is -2.36. The first kappa shape index (κ1) is 16.2. The Labute approximate surface area is 119 Å². The Kier molecular flexibility index (Phi) is 6.24. The molecule has 1 aromatic heterocycles. The van der Waals surface area contributed by atoms with Gasteiger partial charge in [-0.15, -0.1) is 0 Å². The quantitative estimate of drug-likeness (QED) is 0.777. The average molecular weight is 281 g/mol. The molecule has 1 heterocycles. The van der Waals surface area contributed by atoms with Crippen LogP contribution in [-0.4, -0.2) is 36.9 Å². The minimum absolute atomic E-state index is 0.398. The van der Waals surface area contributed by atoms with Crippen molar-refractivity contribution in [2.75, 3.05) is 20.2 Å². The molecule has 0 aliphatic rings. The highest BCUT2D eigenvalue weighted by Crippen LogP contribution is 2.06. The second kappa shape index (κ2) is 7.69. The van der Waals surface area contributed by atoms with Gasteiger partial charge in [0.25, 0.3) is 0 Å². The van der Waals surface area contributed by atoms with Crippen molar-refractivity contribution in [2.24, 2.45) is 0 Å². The molecule has 0 aliphatic carbocycles. The van der Waals surface area contributed by atoms with Gasteiger partial charge in [-0.05, 0) is 26.3 Å². The molecule has 1 aromatic rings. The Morgan fingerprint density at radius 1 is 1.30 bits per heavy atom. The van der Waals surface area contributed by atoms with Crippen molar-refractivity contribution in [3.63, 3.8) is 0 Å². The maximum atomic E-state index is 11.4. The molecule has 0 atom stereocenters. The second-order valence-electron chi connectivity index (χ2n) is 5.31. The minimum atomic E-state index is -0.466. The number of hydrogen-bond acceptors (Lipinski definition) is 5.